The third-order valence-corrected chi connectivity index (χ3v) is 5.81. The van der Waals surface area contributed by atoms with Crippen molar-refractivity contribution in [3.05, 3.63) is 59.7 Å². The zero-order chi connectivity index (χ0) is 21.3. The van der Waals surface area contributed by atoms with Crippen molar-refractivity contribution in [2.24, 2.45) is 10.9 Å². The highest BCUT2D eigenvalue weighted by Gasteiger charge is 2.30. The second-order valence-corrected chi connectivity index (χ2v) is 7.76. The summed E-state index contributed by atoms with van der Waals surface area (Å²) in [5, 5.41) is 6.95. The van der Waals surface area contributed by atoms with Crippen molar-refractivity contribution in [3.8, 4) is 11.5 Å². The molecule has 2 atom stereocenters. The number of benzene rings is 2. The summed E-state index contributed by atoms with van der Waals surface area (Å²) < 4.78 is 10.6. The minimum absolute atomic E-state index is 0. The van der Waals surface area contributed by atoms with Gasteiger partial charge in [-0.3, -0.25) is 9.89 Å². The number of hydrogen-bond acceptors (Lipinski definition) is 4. The van der Waals surface area contributed by atoms with Gasteiger partial charge in [-0.15, -0.1) is 24.0 Å². The molecule has 6 nitrogen and oxygen atoms in total. The average molecular weight is 538 g/mol. The van der Waals surface area contributed by atoms with Gasteiger partial charge in [0, 0.05) is 26.2 Å². The van der Waals surface area contributed by atoms with Gasteiger partial charge < -0.3 is 20.1 Å². The first kappa shape index (κ1) is 25.3. The van der Waals surface area contributed by atoms with E-state index in [1.165, 1.54) is 18.4 Å². The molecule has 170 valence electrons. The van der Waals surface area contributed by atoms with Crippen molar-refractivity contribution in [1.29, 1.82) is 0 Å². The Bertz CT molecular complexity index is 829. The Labute approximate surface area is 203 Å². The fraction of sp³-hybridized carbons (Fsp3) is 0.458. The van der Waals surface area contributed by atoms with Gasteiger partial charge in [0.2, 0.25) is 0 Å². The van der Waals surface area contributed by atoms with Gasteiger partial charge >= 0.3 is 0 Å². The Morgan fingerprint density at radius 3 is 2.48 bits per heavy atom. The van der Waals surface area contributed by atoms with Gasteiger partial charge in [-0.05, 0) is 67.7 Å². The zero-order valence-electron chi connectivity index (χ0n) is 18.9. The summed E-state index contributed by atoms with van der Waals surface area (Å²) in [6.07, 6.45) is 2.41. The Hall–Kier alpha value is -2.00. The molecule has 1 fully saturated rings. The number of aliphatic imine (C=N–C) groups is 1. The van der Waals surface area contributed by atoms with Crippen LogP contribution in [-0.2, 0) is 6.54 Å². The van der Waals surface area contributed by atoms with Crippen LogP contribution in [0.1, 0.15) is 30.0 Å². The molecule has 2 aromatic rings. The topological polar surface area (TPSA) is 58.1 Å². The first-order valence-corrected chi connectivity index (χ1v) is 10.6. The summed E-state index contributed by atoms with van der Waals surface area (Å²) >= 11 is 0. The van der Waals surface area contributed by atoms with E-state index >= 15 is 0 Å². The number of ether oxygens (including phenoxy) is 2. The lowest BCUT2D eigenvalue weighted by Gasteiger charge is -2.40. The molecule has 1 heterocycles. The van der Waals surface area contributed by atoms with Gasteiger partial charge in [0.25, 0.3) is 0 Å². The molecule has 2 N–H and O–H groups in total. The highest BCUT2D eigenvalue weighted by atomic mass is 127. The second-order valence-electron chi connectivity index (χ2n) is 7.76. The van der Waals surface area contributed by atoms with Crippen molar-refractivity contribution in [3.63, 3.8) is 0 Å². The van der Waals surface area contributed by atoms with E-state index in [2.05, 4.69) is 57.9 Å². The standard InChI is InChI=1S/C24H34N4O2.HI/c1-25-24(26-16-18-7-5-9-22(15-18)30-4)27-17-20-8-6-14-28(2)23(20)19-10-12-21(29-3)13-11-19;/h5,7,9-13,15,20,23H,6,8,14,16-17H2,1-4H3,(H2,25,26,27);1H. The van der Waals surface area contributed by atoms with E-state index in [0.717, 1.165) is 36.1 Å². The number of methoxy groups -OCH3 is 2. The highest BCUT2D eigenvalue weighted by Crippen LogP contribution is 2.35. The first-order valence-electron chi connectivity index (χ1n) is 10.6. The fourth-order valence-corrected chi connectivity index (χ4v) is 4.22. The fourth-order valence-electron chi connectivity index (χ4n) is 4.22. The molecule has 7 heteroatoms. The molecule has 0 saturated carbocycles. The maximum absolute atomic E-state index is 5.32. The molecular weight excluding hydrogens is 503 g/mol. The summed E-state index contributed by atoms with van der Waals surface area (Å²) in [5.74, 6) is 3.09. The predicted molar refractivity (Wildman–Crippen MR) is 138 cm³/mol. The quantitative estimate of drug-likeness (QED) is 0.316. The van der Waals surface area contributed by atoms with E-state index in [4.69, 9.17) is 9.47 Å². The van der Waals surface area contributed by atoms with Crippen LogP contribution in [0.3, 0.4) is 0 Å². The number of guanidine groups is 1. The summed E-state index contributed by atoms with van der Waals surface area (Å²) in [5.41, 5.74) is 2.50. The van der Waals surface area contributed by atoms with Crippen molar-refractivity contribution < 1.29 is 9.47 Å². The van der Waals surface area contributed by atoms with Crippen LogP contribution in [0.15, 0.2) is 53.5 Å². The van der Waals surface area contributed by atoms with Crippen LogP contribution in [0, 0.1) is 5.92 Å². The van der Waals surface area contributed by atoms with E-state index < -0.39 is 0 Å². The zero-order valence-corrected chi connectivity index (χ0v) is 21.3. The third-order valence-electron chi connectivity index (χ3n) is 5.81. The number of rotatable bonds is 7. The molecule has 1 saturated heterocycles. The number of nitrogens with one attached hydrogen (secondary N) is 2. The Kier molecular flexibility index (Phi) is 10.4. The molecule has 31 heavy (non-hydrogen) atoms. The third kappa shape index (κ3) is 7.00. The van der Waals surface area contributed by atoms with Crippen LogP contribution in [0.5, 0.6) is 11.5 Å². The molecule has 3 rings (SSSR count). The summed E-state index contributed by atoms with van der Waals surface area (Å²) in [7, 11) is 7.43. The highest BCUT2D eigenvalue weighted by molar-refractivity contribution is 14.0. The van der Waals surface area contributed by atoms with Crippen molar-refractivity contribution in [2.45, 2.75) is 25.4 Å². The van der Waals surface area contributed by atoms with Gasteiger partial charge in [-0.1, -0.05) is 24.3 Å². The van der Waals surface area contributed by atoms with Crippen molar-refractivity contribution >= 4 is 29.9 Å². The Morgan fingerprint density at radius 1 is 1.06 bits per heavy atom. The minimum Gasteiger partial charge on any atom is -0.497 e. The van der Waals surface area contributed by atoms with E-state index in [-0.39, 0.29) is 24.0 Å². The molecule has 0 radical (unpaired) electrons. The molecule has 2 aromatic carbocycles. The Balaban J connectivity index is 0.00000341. The smallest absolute Gasteiger partial charge is 0.191 e. The van der Waals surface area contributed by atoms with Crippen LogP contribution in [-0.4, -0.2) is 52.3 Å². The van der Waals surface area contributed by atoms with E-state index in [9.17, 15) is 0 Å². The number of likely N-dealkylation sites (tertiary alicyclic amines) is 1. The molecule has 0 amide bonds. The maximum atomic E-state index is 5.32. The molecule has 1 aliphatic heterocycles. The molecule has 0 bridgehead atoms. The second kappa shape index (κ2) is 12.8. The number of hydrogen-bond donors (Lipinski definition) is 2. The normalized spacial score (nSPS) is 19.3. The van der Waals surface area contributed by atoms with Gasteiger partial charge in [-0.25, -0.2) is 0 Å². The van der Waals surface area contributed by atoms with Crippen LogP contribution < -0.4 is 20.1 Å². The molecule has 1 aliphatic rings. The lowest BCUT2D eigenvalue weighted by Crippen LogP contribution is -2.44. The van der Waals surface area contributed by atoms with Gasteiger partial charge in [-0.2, -0.15) is 0 Å². The lowest BCUT2D eigenvalue weighted by atomic mass is 9.85. The van der Waals surface area contributed by atoms with Crippen LogP contribution in [0.2, 0.25) is 0 Å². The van der Waals surface area contributed by atoms with E-state index in [0.29, 0.717) is 18.5 Å². The molecular formula is C24H35IN4O2. The van der Waals surface area contributed by atoms with E-state index in [1.54, 1.807) is 14.2 Å². The van der Waals surface area contributed by atoms with Crippen molar-refractivity contribution in [2.75, 3.05) is 41.4 Å². The summed E-state index contributed by atoms with van der Waals surface area (Å²) in [6.45, 7) is 2.69. The molecule has 0 aliphatic carbocycles. The SMILES string of the molecule is CN=C(NCc1cccc(OC)c1)NCC1CCCN(C)C1c1ccc(OC)cc1.I. The maximum Gasteiger partial charge on any atom is 0.191 e. The summed E-state index contributed by atoms with van der Waals surface area (Å²) in [6, 6.07) is 16.9. The van der Waals surface area contributed by atoms with Gasteiger partial charge in [0.15, 0.2) is 5.96 Å². The van der Waals surface area contributed by atoms with Crippen molar-refractivity contribution in [1.82, 2.24) is 15.5 Å². The van der Waals surface area contributed by atoms with Gasteiger partial charge in [0.1, 0.15) is 11.5 Å². The number of piperidine rings is 1. The lowest BCUT2D eigenvalue weighted by molar-refractivity contribution is 0.122. The minimum atomic E-state index is 0. The van der Waals surface area contributed by atoms with Crippen LogP contribution in [0.4, 0.5) is 0 Å². The molecule has 2 unspecified atom stereocenters. The van der Waals surface area contributed by atoms with E-state index in [1.807, 2.05) is 25.2 Å². The Morgan fingerprint density at radius 2 is 1.81 bits per heavy atom. The summed E-state index contributed by atoms with van der Waals surface area (Å²) in [4.78, 5) is 6.87. The van der Waals surface area contributed by atoms with Gasteiger partial charge in [0.05, 0.1) is 14.2 Å². The molecule has 0 spiro atoms. The average Bonchev–Trinajstić information content (AvgIpc) is 2.79. The predicted octanol–water partition coefficient (Wildman–Crippen LogP) is 4.07. The molecule has 0 aromatic heterocycles. The number of halogens is 1. The van der Waals surface area contributed by atoms with Crippen LogP contribution >= 0.6 is 24.0 Å². The van der Waals surface area contributed by atoms with Crippen LogP contribution in [0.25, 0.3) is 0 Å². The monoisotopic (exact) mass is 538 g/mol. The number of nitrogens with zero attached hydrogens (tertiary/aromatic N) is 2. The first-order chi connectivity index (χ1) is 14.6. The largest absolute Gasteiger partial charge is 0.497 e.